The van der Waals surface area contributed by atoms with Gasteiger partial charge in [0.05, 0.1) is 0 Å². The number of benzene rings is 2. The van der Waals surface area contributed by atoms with E-state index < -0.39 is 12.2 Å². The minimum Gasteiger partial charge on any atom is -0.288 e. The Kier molecular flexibility index (Phi) is 7.15. The van der Waals surface area contributed by atoms with E-state index in [1.54, 1.807) is 24.3 Å². The Bertz CT molecular complexity index is 595. The average Bonchev–Trinajstić information content (AvgIpc) is 2.48. The Morgan fingerprint density at radius 1 is 0.952 bits per heavy atom. The number of hydrogen-bond acceptors (Lipinski definition) is 1. The van der Waals surface area contributed by atoms with E-state index in [-0.39, 0.29) is 32.4 Å². The van der Waals surface area contributed by atoms with Gasteiger partial charge in [0.15, 0.2) is 0 Å². The standard InChI is InChI=1S/C17H14F2O.Pd/c18-17(19)16(20)15(11-13-7-3-1-4-8-13)12-14-9-5-2-6-10-14;/h1-11,17H,12H2;. The van der Waals surface area contributed by atoms with Crippen LogP contribution in [0.3, 0.4) is 0 Å². The Morgan fingerprint density at radius 2 is 1.48 bits per heavy atom. The molecule has 112 valence electrons. The van der Waals surface area contributed by atoms with Crippen LogP contribution in [-0.4, -0.2) is 12.2 Å². The van der Waals surface area contributed by atoms with Crippen LogP contribution in [0, 0.1) is 0 Å². The molecule has 1 nitrogen and oxygen atoms in total. The van der Waals surface area contributed by atoms with Crippen LogP contribution < -0.4 is 0 Å². The number of Topliss-reactive ketones (excluding diaryl/α,β-unsaturated/α-hetero) is 1. The normalized spacial score (nSPS) is 11.1. The molecule has 0 unspecified atom stereocenters. The van der Waals surface area contributed by atoms with Gasteiger partial charge in [-0.15, -0.1) is 0 Å². The number of ketones is 1. The number of rotatable bonds is 5. The van der Waals surface area contributed by atoms with E-state index in [1.807, 2.05) is 36.4 Å². The summed E-state index contributed by atoms with van der Waals surface area (Å²) >= 11 is 0. The number of carbonyl (C=O) groups excluding carboxylic acids is 1. The molecule has 4 heteroatoms. The summed E-state index contributed by atoms with van der Waals surface area (Å²) in [4.78, 5) is 11.6. The maximum absolute atomic E-state index is 12.7. The third-order valence-electron chi connectivity index (χ3n) is 2.89. The number of hydrogen-bond donors (Lipinski definition) is 0. The van der Waals surface area contributed by atoms with Gasteiger partial charge in [0.25, 0.3) is 6.43 Å². The van der Waals surface area contributed by atoms with Crippen molar-refractivity contribution in [2.75, 3.05) is 0 Å². The van der Waals surface area contributed by atoms with Crippen LogP contribution in [0.4, 0.5) is 8.78 Å². The zero-order chi connectivity index (χ0) is 14.4. The second-order valence-corrected chi connectivity index (χ2v) is 4.41. The molecule has 21 heavy (non-hydrogen) atoms. The molecule has 0 saturated heterocycles. The summed E-state index contributed by atoms with van der Waals surface area (Å²) in [5.41, 5.74) is 1.70. The molecule has 0 bridgehead atoms. The largest absolute Gasteiger partial charge is 0.300 e. The van der Waals surface area contributed by atoms with Crippen LogP contribution in [0.2, 0.25) is 0 Å². The number of halogens is 2. The van der Waals surface area contributed by atoms with Crippen molar-refractivity contribution in [1.82, 2.24) is 0 Å². The van der Waals surface area contributed by atoms with Crippen LogP contribution in [0.1, 0.15) is 11.1 Å². The van der Waals surface area contributed by atoms with E-state index in [4.69, 9.17) is 0 Å². The summed E-state index contributed by atoms with van der Waals surface area (Å²) in [6, 6.07) is 18.1. The van der Waals surface area contributed by atoms with Crippen molar-refractivity contribution in [1.29, 1.82) is 0 Å². The zero-order valence-corrected chi connectivity index (χ0v) is 12.7. The minimum absolute atomic E-state index is 0. The van der Waals surface area contributed by atoms with Crippen LogP contribution in [0.25, 0.3) is 6.08 Å². The minimum atomic E-state index is -2.98. The molecule has 0 heterocycles. The summed E-state index contributed by atoms with van der Waals surface area (Å²) < 4.78 is 25.4. The Hall–Kier alpha value is -1.63. The van der Waals surface area contributed by atoms with Gasteiger partial charge in [0, 0.05) is 32.4 Å². The van der Waals surface area contributed by atoms with E-state index in [0.29, 0.717) is 0 Å². The van der Waals surface area contributed by atoms with Gasteiger partial charge in [-0.05, 0) is 17.2 Å². The molecule has 2 rings (SSSR count). The number of carbonyl (C=O) groups is 1. The molecule has 0 aliphatic carbocycles. The first-order valence-corrected chi connectivity index (χ1v) is 6.29. The van der Waals surface area contributed by atoms with Crippen LogP contribution >= 0.6 is 0 Å². The zero-order valence-electron chi connectivity index (χ0n) is 11.1. The van der Waals surface area contributed by atoms with Crippen molar-refractivity contribution in [3.05, 3.63) is 77.4 Å². The van der Waals surface area contributed by atoms with Gasteiger partial charge >= 0.3 is 0 Å². The van der Waals surface area contributed by atoms with Gasteiger partial charge in [-0.2, -0.15) is 0 Å². The fourth-order valence-electron chi connectivity index (χ4n) is 1.92. The maximum Gasteiger partial charge on any atom is 0.300 e. The van der Waals surface area contributed by atoms with Crippen LogP contribution in [-0.2, 0) is 31.6 Å². The van der Waals surface area contributed by atoms with Gasteiger partial charge in [-0.25, -0.2) is 8.78 Å². The Balaban J connectivity index is 0.00000220. The Labute approximate surface area is 136 Å². The van der Waals surface area contributed by atoms with Gasteiger partial charge in [0.1, 0.15) is 0 Å². The molecule has 0 fully saturated rings. The van der Waals surface area contributed by atoms with Crippen molar-refractivity contribution in [3.8, 4) is 0 Å². The summed E-state index contributed by atoms with van der Waals surface area (Å²) in [7, 11) is 0. The van der Waals surface area contributed by atoms with E-state index >= 15 is 0 Å². The van der Waals surface area contributed by atoms with E-state index in [9.17, 15) is 13.6 Å². The molecule has 0 aliphatic rings. The van der Waals surface area contributed by atoms with Crippen molar-refractivity contribution >= 4 is 11.9 Å². The van der Waals surface area contributed by atoms with E-state index in [1.165, 1.54) is 6.08 Å². The Morgan fingerprint density at radius 3 is 2.00 bits per heavy atom. The fourth-order valence-corrected chi connectivity index (χ4v) is 1.92. The summed E-state index contributed by atoms with van der Waals surface area (Å²) in [6.07, 6.45) is -1.24. The number of alkyl halides is 2. The fraction of sp³-hybridized carbons (Fsp3) is 0.118. The van der Waals surface area contributed by atoms with Crippen molar-refractivity contribution in [3.63, 3.8) is 0 Å². The molecule has 0 spiro atoms. The summed E-state index contributed by atoms with van der Waals surface area (Å²) in [5.74, 6) is -1.11. The monoisotopic (exact) mass is 378 g/mol. The molecule has 0 amide bonds. The topological polar surface area (TPSA) is 17.1 Å². The van der Waals surface area contributed by atoms with Gasteiger partial charge in [-0.3, -0.25) is 4.79 Å². The molecule has 0 saturated carbocycles. The van der Waals surface area contributed by atoms with Crippen molar-refractivity contribution < 1.29 is 34.0 Å². The summed E-state index contributed by atoms with van der Waals surface area (Å²) in [5, 5.41) is 0. The molecule has 0 radical (unpaired) electrons. The van der Waals surface area contributed by atoms with E-state index in [0.717, 1.165) is 11.1 Å². The molecular weight excluding hydrogens is 365 g/mol. The average molecular weight is 379 g/mol. The van der Waals surface area contributed by atoms with Crippen molar-refractivity contribution in [2.24, 2.45) is 0 Å². The predicted octanol–water partition coefficient (Wildman–Crippen LogP) is 4.14. The molecular formula is C17H14F2OPd. The third-order valence-corrected chi connectivity index (χ3v) is 2.89. The second kappa shape index (κ2) is 8.61. The van der Waals surface area contributed by atoms with Gasteiger partial charge < -0.3 is 0 Å². The molecule has 0 aliphatic heterocycles. The predicted molar refractivity (Wildman–Crippen MR) is 75.6 cm³/mol. The second-order valence-electron chi connectivity index (χ2n) is 4.41. The maximum atomic E-state index is 12.7. The van der Waals surface area contributed by atoms with E-state index in [2.05, 4.69) is 0 Å². The SMILES string of the molecule is O=C(C(=Cc1ccccc1)Cc1ccccc1)C(F)F.[Pd]. The van der Waals surface area contributed by atoms with Crippen LogP contribution in [0.5, 0.6) is 0 Å². The summed E-state index contributed by atoms with van der Waals surface area (Å²) in [6.45, 7) is 0. The first-order valence-electron chi connectivity index (χ1n) is 6.29. The first-order chi connectivity index (χ1) is 9.66. The van der Waals surface area contributed by atoms with Gasteiger partial charge in [-0.1, -0.05) is 60.7 Å². The molecule has 2 aromatic carbocycles. The third kappa shape index (κ3) is 5.34. The van der Waals surface area contributed by atoms with Crippen molar-refractivity contribution in [2.45, 2.75) is 12.8 Å². The smallest absolute Gasteiger partial charge is 0.288 e. The quantitative estimate of drug-likeness (QED) is 0.564. The molecule has 2 aromatic rings. The number of allylic oxidation sites excluding steroid dienone is 1. The first kappa shape index (κ1) is 17.4. The molecule has 0 atom stereocenters. The molecule has 0 N–H and O–H groups in total. The van der Waals surface area contributed by atoms with Crippen LogP contribution in [0.15, 0.2) is 66.2 Å². The molecule has 0 aromatic heterocycles. The van der Waals surface area contributed by atoms with Gasteiger partial charge in [0.2, 0.25) is 5.78 Å².